The van der Waals surface area contributed by atoms with Gasteiger partial charge in [-0.15, -0.1) is 12.4 Å². The molecule has 0 saturated carbocycles. The van der Waals surface area contributed by atoms with E-state index >= 15 is 0 Å². The maximum Gasteiger partial charge on any atom is 0.243 e. The zero-order valence-corrected chi connectivity index (χ0v) is 16.3. The van der Waals surface area contributed by atoms with Crippen molar-refractivity contribution in [3.8, 4) is 0 Å². The van der Waals surface area contributed by atoms with E-state index in [9.17, 15) is 13.2 Å². The molecule has 6 nitrogen and oxygen atoms in total. The first-order chi connectivity index (χ1) is 10.7. The molecule has 1 aromatic rings. The first-order valence-electron chi connectivity index (χ1n) is 7.75. The van der Waals surface area contributed by atoms with Gasteiger partial charge in [0.05, 0.1) is 11.4 Å². The molecule has 0 unspecified atom stereocenters. The Morgan fingerprint density at radius 3 is 1.92 bits per heavy atom. The van der Waals surface area contributed by atoms with Gasteiger partial charge in [0, 0.05) is 26.2 Å². The van der Waals surface area contributed by atoms with E-state index in [0.29, 0.717) is 31.1 Å². The van der Waals surface area contributed by atoms with Crippen LogP contribution < -0.4 is 5.73 Å². The SMILES string of the molecule is Cc1cc(C)c(C)c(S(=O)(=O)N2CCN(C(=O)CN)CC2)c1C.Cl. The number of carbonyl (C=O) groups is 1. The molecule has 8 heteroatoms. The van der Waals surface area contributed by atoms with Crippen LogP contribution in [0, 0.1) is 27.7 Å². The second-order valence-corrected chi connectivity index (χ2v) is 7.95. The Morgan fingerprint density at radius 1 is 1.04 bits per heavy atom. The molecule has 1 fully saturated rings. The van der Waals surface area contributed by atoms with Crippen LogP contribution in [0.4, 0.5) is 0 Å². The van der Waals surface area contributed by atoms with Gasteiger partial charge < -0.3 is 10.6 Å². The first kappa shape index (κ1) is 20.9. The number of nitrogens with zero attached hydrogens (tertiary/aromatic N) is 2. The molecule has 24 heavy (non-hydrogen) atoms. The number of piperazine rings is 1. The summed E-state index contributed by atoms with van der Waals surface area (Å²) in [5.41, 5.74) is 8.91. The zero-order chi connectivity index (χ0) is 17.4. The van der Waals surface area contributed by atoms with Gasteiger partial charge in [0.25, 0.3) is 0 Å². The fraction of sp³-hybridized carbons (Fsp3) is 0.562. The molecule has 0 aromatic heterocycles. The van der Waals surface area contributed by atoms with Crippen LogP contribution in [0.1, 0.15) is 22.3 Å². The molecule has 2 N–H and O–H groups in total. The molecular weight excluding hydrogens is 350 g/mol. The standard InChI is InChI=1S/C16H25N3O3S.ClH/c1-11-9-12(2)14(4)16(13(11)3)23(21,22)19-7-5-18(6-8-19)15(20)10-17;/h9H,5-8,10,17H2,1-4H3;1H. The number of carbonyl (C=O) groups excluding carboxylic acids is 1. The Balaban J connectivity index is 0.00000288. The Bertz CT molecular complexity index is 700. The highest BCUT2D eigenvalue weighted by atomic mass is 35.5. The predicted molar refractivity (Wildman–Crippen MR) is 97.0 cm³/mol. The zero-order valence-electron chi connectivity index (χ0n) is 14.6. The molecule has 1 aliphatic heterocycles. The molecule has 0 atom stereocenters. The van der Waals surface area contributed by atoms with Crippen molar-refractivity contribution in [3.63, 3.8) is 0 Å². The maximum atomic E-state index is 13.1. The summed E-state index contributed by atoms with van der Waals surface area (Å²) >= 11 is 0. The average Bonchev–Trinajstić information content (AvgIpc) is 2.52. The first-order valence-corrected chi connectivity index (χ1v) is 9.19. The number of halogens is 1. The van der Waals surface area contributed by atoms with Crippen molar-refractivity contribution in [2.45, 2.75) is 32.6 Å². The van der Waals surface area contributed by atoms with Gasteiger partial charge in [-0.3, -0.25) is 4.79 Å². The normalized spacial score (nSPS) is 16.0. The smallest absolute Gasteiger partial charge is 0.243 e. The van der Waals surface area contributed by atoms with Gasteiger partial charge in [-0.1, -0.05) is 6.07 Å². The fourth-order valence-electron chi connectivity index (χ4n) is 3.00. The third-order valence-corrected chi connectivity index (χ3v) is 6.83. The minimum absolute atomic E-state index is 0. The van der Waals surface area contributed by atoms with Crippen LogP contribution in [0.15, 0.2) is 11.0 Å². The fourth-order valence-corrected chi connectivity index (χ4v) is 5.00. The average molecular weight is 376 g/mol. The third-order valence-electron chi connectivity index (χ3n) is 4.66. The summed E-state index contributed by atoms with van der Waals surface area (Å²) in [7, 11) is -3.56. The Hall–Kier alpha value is -1.15. The third kappa shape index (κ3) is 3.74. The lowest BCUT2D eigenvalue weighted by Gasteiger charge is -2.34. The minimum Gasteiger partial charge on any atom is -0.339 e. The summed E-state index contributed by atoms with van der Waals surface area (Å²) in [6.07, 6.45) is 0. The molecule has 1 aromatic carbocycles. The number of benzene rings is 1. The summed E-state index contributed by atoms with van der Waals surface area (Å²) in [5, 5.41) is 0. The molecule has 136 valence electrons. The second-order valence-electron chi connectivity index (χ2n) is 6.08. The highest BCUT2D eigenvalue weighted by molar-refractivity contribution is 7.89. The molecule has 2 rings (SSSR count). The van der Waals surface area contributed by atoms with E-state index in [1.54, 1.807) is 4.90 Å². The summed E-state index contributed by atoms with van der Waals surface area (Å²) < 4.78 is 27.6. The van der Waals surface area contributed by atoms with Gasteiger partial charge in [0.2, 0.25) is 15.9 Å². The van der Waals surface area contributed by atoms with Gasteiger partial charge in [-0.25, -0.2) is 8.42 Å². The van der Waals surface area contributed by atoms with Crippen LogP contribution in [-0.4, -0.2) is 56.3 Å². The van der Waals surface area contributed by atoms with Crippen molar-refractivity contribution in [2.24, 2.45) is 5.73 Å². The second kappa shape index (κ2) is 7.82. The molecule has 1 aliphatic rings. The van der Waals surface area contributed by atoms with Gasteiger partial charge in [-0.2, -0.15) is 4.31 Å². The summed E-state index contributed by atoms with van der Waals surface area (Å²) in [5.74, 6) is -0.138. The van der Waals surface area contributed by atoms with E-state index in [-0.39, 0.29) is 24.9 Å². The van der Waals surface area contributed by atoms with Crippen molar-refractivity contribution in [1.82, 2.24) is 9.21 Å². The molecule has 1 amide bonds. The lowest BCUT2D eigenvalue weighted by Crippen LogP contribution is -2.52. The molecule has 1 saturated heterocycles. The van der Waals surface area contributed by atoms with Gasteiger partial charge in [0.1, 0.15) is 0 Å². The topological polar surface area (TPSA) is 83.7 Å². The van der Waals surface area contributed by atoms with Gasteiger partial charge >= 0.3 is 0 Å². The number of nitrogens with two attached hydrogens (primary N) is 1. The number of aryl methyl sites for hydroxylation is 2. The van der Waals surface area contributed by atoms with Crippen molar-refractivity contribution in [2.75, 3.05) is 32.7 Å². The van der Waals surface area contributed by atoms with Crippen molar-refractivity contribution < 1.29 is 13.2 Å². The van der Waals surface area contributed by atoms with Gasteiger partial charge in [0.15, 0.2) is 0 Å². The van der Waals surface area contributed by atoms with Crippen LogP contribution in [0.5, 0.6) is 0 Å². The molecule has 0 aliphatic carbocycles. The Labute approximate surface area is 150 Å². The molecule has 0 radical (unpaired) electrons. The highest BCUT2D eigenvalue weighted by Crippen LogP contribution is 2.29. The minimum atomic E-state index is -3.56. The number of amides is 1. The lowest BCUT2D eigenvalue weighted by atomic mass is 10.0. The van der Waals surface area contributed by atoms with E-state index in [2.05, 4.69) is 0 Å². The Morgan fingerprint density at radius 2 is 1.50 bits per heavy atom. The van der Waals surface area contributed by atoms with Crippen molar-refractivity contribution in [3.05, 3.63) is 28.3 Å². The van der Waals surface area contributed by atoms with Crippen LogP contribution >= 0.6 is 12.4 Å². The maximum absolute atomic E-state index is 13.1. The molecular formula is C16H26ClN3O3S. The van der Waals surface area contributed by atoms with Gasteiger partial charge in [-0.05, 0) is 49.9 Å². The van der Waals surface area contributed by atoms with E-state index in [0.717, 1.165) is 22.3 Å². The molecule has 0 spiro atoms. The number of sulfonamides is 1. The van der Waals surface area contributed by atoms with Crippen molar-refractivity contribution in [1.29, 1.82) is 0 Å². The Kier molecular flexibility index (Phi) is 6.81. The number of rotatable bonds is 3. The highest BCUT2D eigenvalue weighted by Gasteiger charge is 2.32. The van der Waals surface area contributed by atoms with Crippen LogP contribution in [0.25, 0.3) is 0 Å². The summed E-state index contributed by atoms with van der Waals surface area (Å²) in [6.45, 7) is 8.90. The van der Waals surface area contributed by atoms with E-state index in [1.807, 2.05) is 33.8 Å². The van der Waals surface area contributed by atoms with E-state index in [4.69, 9.17) is 5.73 Å². The van der Waals surface area contributed by atoms with Crippen LogP contribution in [-0.2, 0) is 14.8 Å². The summed E-state index contributed by atoms with van der Waals surface area (Å²) in [4.78, 5) is 13.7. The van der Waals surface area contributed by atoms with Crippen LogP contribution in [0.3, 0.4) is 0 Å². The number of hydrogen-bond donors (Lipinski definition) is 1. The molecule has 1 heterocycles. The number of hydrogen-bond acceptors (Lipinski definition) is 4. The lowest BCUT2D eigenvalue weighted by molar-refractivity contribution is -0.130. The van der Waals surface area contributed by atoms with Crippen molar-refractivity contribution >= 4 is 28.3 Å². The predicted octanol–water partition coefficient (Wildman–Crippen LogP) is 1.13. The van der Waals surface area contributed by atoms with E-state index in [1.165, 1.54) is 4.31 Å². The van der Waals surface area contributed by atoms with E-state index < -0.39 is 10.0 Å². The largest absolute Gasteiger partial charge is 0.339 e. The molecule has 0 bridgehead atoms. The quantitative estimate of drug-likeness (QED) is 0.858. The van der Waals surface area contributed by atoms with Crippen LogP contribution in [0.2, 0.25) is 0 Å². The monoisotopic (exact) mass is 375 g/mol. The summed E-state index contributed by atoms with van der Waals surface area (Å²) in [6, 6.07) is 2.02.